The van der Waals surface area contributed by atoms with E-state index in [1.54, 1.807) is 13.4 Å². The Bertz CT molecular complexity index is 966. The van der Waals surface area contributed by atoms with E-state index in [9.17, 15) is 0 Å². The lowest BCUT2D eigenvalue weighted by Crippen LogP contribution is -2.45. The molecule has 1 saturated heterocycles. The number of ether oxygens (including phenoxy) is 3. The number of hydrogen-bond acceptors (Lipinski definition) is 7. The van der Waals surface area contributed by atoms with E-state index in [1.165, 1.54) is 0 Å². The van der Waals surface area contributed by atoms with Gasteiger partial charge in [0.05, 0.1) is 30.0 Å². The molecule has 3 unspecified atom stereocenters. The van der Waals surface area contributed by atoms with Crippen molar-refractivity contribution < 1.29 is 14.2 Å². The Labute approximate surface area is 170 Å². The second kappa shape index (κ2) is 8.34. The first-order valence-corrected chi connectivity index (χ1v) is 9.90. The van der Waals surface area contributed by atoms with Crippen LogP contribution >= 0.6 is 0 Å². The highest BCUT2D eigenvalue weighted by atomic mass is 16.5. The van der Waals surface area contributed by atoms with Crippen molar-refractivity contribution in [1.82, 2.24) is 20.2 Å². The maximum Gasteiger partial charge on any atom is 0.132 e. The maximum atomic E-state index is 5.94. The summed E-state index contributed by atoms with van der Waals surface area (Å²) in [5, 5.41) is 8.54. The molecule has 2 aromatic heterocycles. The van der Waals surface area contributed by atoms with Gasteiger partial charge in [-0.3, -0.25) is 5.10 Å². The predicted molar refractivity (Wildman–Crippen MR) is 111 cm³/mol. The minimum atomic E-state index is -0.0382. The Morgan fingerprint density at radius 3 is 2.76 bits per heavy atom. The average molecular weight is 397 g/mol. The number of fused-ring (bicyclic) bond motifs is 1. The van der Waals surface area contributed by atoms with E-state index in [2.05, 4.69) is 38.9 Å². The standard InChI is InChI=1S/C21H27N5O3/c1-13-9-26(10-14(2)28-13)20-8-19(22-12-23-20)21-17-7-16(29-15(3)11-27-4)5-6-18(17)24-25-21/h5-8,12-15H,9-11H2,1-4H3,(H,24,25). The van der Waals surface area contributed by atoms with Gasteiger partial charge < -0.3 is 19.1 Å². The molecule has 29 heavy (non-hydrogen) atoms. The zero-order valence-corrected chi connectivity index (χ0v) is 17.3. The van der Waals surface area contributed by atoms with Gasteiger partial charge in [-0.25, -0.2) is 9.97 Å². The van der Waals surface area contributed by atoms with Crippen molar-refractivity contribution in [2.75, 3.05) is 31.7 Å². The van der Waals surface area contributed by atoms with Crippen LogP contribution in [0.3, 0.4) is 0 Å². The molecular weight excluding hydrogens is 370 g/mol. The number of benzene rings is 1. The van der Waals surface area contributed by atoms with E-state index in [1.807, 2.05) is 31.2 Å². The summed E-state index contributed by atoms with van der Waals surface area (Å²) in [5.74, 6) is 1.66. The fourth-order valence-corrected chi connectivity index (χ4v) is 3.78. The number of hydrogen-bond donors (Lipinski definition) is 1. The molecule has 1 fully saturated rings. The quantitative estimate of drug-likeness (QED) is 0.684. The Hall–Kier alpha value is -2.71. The van der Waals surface area contributed by atoms with Crippen LogP contribution < -0.4 is 9.64 Å². The number of anilines is 1. The number of aromatic nitrogens is 4. The molecule has 3 atom stereocenters. The molecule has 1 N–H and O–H groups in total. The van der Waals surface area contributed by atoms with Crippen molar-refractivity contribution in [3.8, 4) is 17.1 Å². The number of nitrogens with one attached hydrogen (secondary N) is 1. The molecule has 1 aliphatic rings. The number of nitrogens with zero attached hydrogens (tertiary/aromatic N) is 4. The summed E-state index contributed by atoms with van der Waals surface area (Å²) in [6.07, 6.45) is 1.88. The number of aromatic amines is 1. The molecule has 8 nitrogen and oxygen atoms in total. The van der Waals surface area contributed by atoms with Gasteiger partial charge in [0, 0.05) is 31.7 Å². The van der Waals surface area contributed by atoms with E-state index in [0.29, 0.717) is 6.61 Å². The normalized spacial score (nSPS) is 20.8. The molecule has 1 aromatic carbocycles. The van der Waals surface area contributed by atoms with Gasteiger partial charge in [-0.1, -0.05) is 0 Å². The Morgan fingerprint density at radius 2 is 2.00 bits per heavy atom. The Kier molecular flexibility index (Phi) is 5.64. The largest absolute Gasteiger partial charge is 0.488 e. The molecule has 0 bridgehead atoms. The van der Waals surface area contributed by atoms with Crippen LogP contribution in [-0.2, 0) is 9.47 Å². The van der Waals surface area contributed by atoms with Crippen molar-refractivity contribution in [3.63, 3.8) is 0 Å². The average Bonchev–Trinajstić information content (AvgIpc) is 3.11. The van der Waals surface area contributed by atoms with Crippen molar-refractivity contribution in [2.24, 2.45) is 0 Å². The lowest BCUT2D eigenvalue weighted by Gasteiger charge is -2.36. The lowest BCUT2D eigenvalue weighted by atomic mass is 10.1. The van der Waals surface area contributed by atoms with E-state index in [0.717, 1.165) is 46.9 Å². The lowest BCUT2D eigenvalue weighted by molar-refractivity contribution is -0.00546. The van der Waals surface area contributed by atoms with Crippen LogP contribution in [0.4, 0.5) is 5.82 Å². The molecule has 3 heterocycles. The van der Waals surface area contributed by atoms with Gasteiger partial charge in [-0.2, -0.15) is 5.10 Å². The van der Waals surface area contributed by atoms with E-state index >= 15 is 0 Å². The van der Waals surface area contributed by atoms with Crippen LogP contribution in [0.5, 0.6) is 5.75 Å². The molecule has 0 saturated carbocycles. The maximum absolute atomic E-state index is 5.94. The van der Waals surface area contributed by atoms with Crippen LogP contribution in [0.2, 0.25) is 0 Å². The van der Waals surface area contributed by atoms with Crippen LogP contribution in [-0.4, -0.2) is 65.3 Å². The van der Waals surface area contributed by atoms with Crippen LogP contribution in [0.25, 0.3) is 22.3 Å². The van der Waals surface area contributed by atoms with Gasteiger partial charge in [0.2, 0.25) is 0 Å². The molecule has 4 rings (SSSR count). The first-order valence-electron chi connectivity index (χ1n) is 9.90. The van der Waals surface area contributed by atoms with Crippen LogP contribution in [0, 0.1) is 0 Å². The zero-order chi connectivity index (χ0) is 20.4. The molecule has 0 radical (unpaired) electrons. The summed E-state index contributed by atoms with van der Waals surface area (Å²) in [4.78, 5) is 11.2. The molecule has 8 heteroatoms. The molecule has 0 amide bonds. The van der Waals surface area contributed by atoms with Gasteiger partial charge in [0.15, 0.2) is 0 Å². The van der Waals surface area contributed by atoms with Crippen molar-refractivity contribution in [3.05, 3.63) is 30.6 Å². The Balaban J connectivity index is 1.64. The van der Waals surface area contributed by atoms with E-state index in [-0.39, 0.29) is 18.3 Å². The van der Waals surface area contributed by atoms with Crippen molar-refractivity contribution in [2.45, 2.75) is 39.1 Å². The van der Waals surface area contributed by atoms with Crippen molar-refractivity contribution >= 4 is 16.7 Å². The third-order valence-corrected chi connectivity index (χ3v) is 4.91. The second-order valence-corrected chi connectivity index (χ2v) is 7.59. The molecule has 0 spiro atoms. The number of methoxy groups -OCH3 is 1. The third-order valence-electron chi connectivity index (χ3n) is 4.91. The number of H-pyrrole nitrogens is 1. The predicted octanol–water partition coefficient (Wildman–Crippen LogP) is 3.05. The summed E-state index contributed by atoms with van der Waals surface area (Å²) in [7, 11) is 1.67. The smallest absolute Gasteiger partial charge is 0.132 e. The van der Waals surface area contributed by atoms with Gasteiger partial charge >= 0.3 is 0 Å². The van der Waals surface area contributed by atoms with Gasteiger partial charge in [-0.15, -0.1) is 0 Å². The summed E-state index contributed by atoms with van der Waals surface area (Å²) in [6, 6.07) is 7.87. The molecule has 0 aliphatic carbocycles. The summed E-state index contributed by atoms with van der Waals surface area (Å²) >= 11 is 0. The van der Waals surface area contributed by atoms with E-state index < -0.39 is 0 Å². The highest BCUT2D eigenvalue weighted by molar-refractivity contribution is 5.93. The van der Waals surface area contributed by atoms with Gasteiger partial charge in [-0.05, 0) is 39.0 Å². The minimum absolute atomic E-state index is 0.0382. The topological polar surface area (TPSA) is 85.4 Å². The first kappa shape index (κ1) is 19.6. The van der Waals surface area contributed by atoms with Crippen LogP contribution in [0.15, 0.2) is 30.6 Å². The molecule has 1 aliphatic heterocycles. The number of rotatable bonds is 6. The first-order chi connectivity index (χ1) is 14.0. The minimum Gasteiger partial charge on any atom is -0.488 e. The summed E-state index contributed by atoms with van der Waals surface area (Å²) in [5.41, 5.74) is 2.48. The second-order valence-electron chi connectivity index (χ2n) is 7.59. The number of morpholine rings is 1. The van der Waals surface area contributed by atoms with Gasteiger partial charge in [0.25, 0.3) is 0 Å². The molecular formula is C21H27N5O3. The third kappa shape index (κ3) is 4.33. The highest BCUT2D eigenvalue weighted by Gasteiger charge is 2.24. The van der Waals surface area contributed by atoms with Crippen LogP contribution in [0.1, 0.15) is 20.8 Å². The van der Waals surface area contributed by atoms with Crippen molar-refractivity contribution in [1.29, 1.82) is 0 Å². The SMILES string of the molecule is COCC(C)Oc1ccc2[nH]nc(-c3cc(N4CC(C)OC(C)C4)ncn3)c2c1. The fourth-order valence-electron chi connectivity index (χ4n) is 3.78. The Morgan fingerprint density at radius 1 is 1.21 bits per heavy atom. The highest BCUT2D eigenvalue weighted by Crippen LogP contribution is 2.30. The summed E-state index contributed by atoms with van der Waals surface area (Å²) < 4.78 is 16.9. The van der Waals surface area contributed by atoms with E-state index in [4.69, 9.17) is 14.2 Å². The monoisotopic (exact) mass is 397 g/mol. The molecule has 154 valence electrons. The fraction of sp³-hybridized carbons (Fsp3) is 0.476. The zero-order valence-electron chi connectivity index (χ0n) is 17.3. The summed E-state index contributed by atoms with van der Waals surface area (Å²) in [6.45, 7) is 8.28. The van der Waals surface area contributed by atoms with Gasteiger partial charge in [0.1, 0.15) is 29.7 Å². The molecule has 3 aromatic rings.